The average Bonchev–Trinajstić information content (AvgIpc) is 2.03. The Morgan fingerprint density at radius 2 is 2.08 bits per heavy atom. The minimum atomic E-state index is -0.0157. The zero-order chi connectivity index (χ0) is 10.1. The predicted octanol–water partition coefficient (Wildman–Crippen LogP) is -0.224. The zero-order valence-electron chi connectivity index (χ0n) is 8.02. The molecule has 0 unspecified atom stereocenters. The largest absolute Gasteiger partial charge is 0.370 e. The first kappa shape index (κ1) is 11.7. The summed E-state index contributed by atoms with van der Waals surface area (Å²) < 4.78 is 0. The van der Waals surface area contributed by atoms with Crippen molar-refractivity contribution >= 4 is 11.9 Å². The van der Waals surface area contributed by atoms with Gasteiger partial charge in [0.05, 0.1) is 0 Å². The van der Waals surface area contributed by atoms with E-state index in [9.17, 15) is 4.79 Å². The molecular formula is C8H18N4O. The highest BCUT2D eigenvalue weighted by Gasteiger charge is 1.97. The number of nitrogens with one attached hydrogen (secondary N) is 3. The third-order valence-electron chi connectivity index (χ3n) is 1.52. The summed E-state index contributed by atoms with van der Waals surface area (Å²) in [5, 5.41) is 12.3. The van der Waals surface area contributed by atoms with E-state index in [1.54, 1.807) is 0 Å². The highest BCUT2D eigenvalue weighted by Crippen LogP contribution is 1.93. The molecule has 5 heteroatoms. The quantitative estimate of drug-likeness (QED) is 0.262. The van der Waals surface area contributed by atoms with Crippen LogP contribution in [0.5, 0.6) is 0 Å². The first-order valence-electron chi connectivity index (χ1n) is 4.51. The molecule has 0 aromatic rings. The van der Waals surface area contributed by atoms with E-state index in [1.165, 1.54) is 0 Å². The van der Waals surface area contributed by atoms with Crippen molar-refractivity contribution in [3.05, 3.63) is 0 Å². The standard InChI is InChI=1S/C8H18N4O/c1-2-11-7(13)5-3-4-6-12-8(9)10/h2-6H2,1H3,(H,11,13)(H4,9,10,12). The Hall–Kier alpha value is -1.26. The fourth-order valence-electron chi connectivity index (χ4n) is 0.919. The summed E-state index contributed by atoms with van der Waals surface area (Å²) in [5.41, 5.74) is 5.08. The molecule has 0 heterocycles. The van der Waals surface area contributed by atoms with Gasteiger partial charge in [0.1, 0.15) is 0 Å². The van der Waals surface area contributed by atoms with Gasteiger partial charge < -0.3 is 16.4 Å². The third kappa shape index (κ3) is 8.65. The van der Waals surface area contributed by atoms with E-state index in [-0.39, 0.29) is 11.9 Å². The molecule has 0 aromatic heterocycles. The lowest BCUT2D eigenvalue weighted by Crippen LogP contribution is -2.31. The van der Waals surface area contributed by atoms with Gasteiger partial charge in [0, 0.05) is 19.5 Å². The molecule has 0 fully saturated rings. The molecule has 5 nitrogen and oxygen atoms in total. The minimum Gasteiger partial charge on any atom is -0.370 e. The number of nitrogens with two attached hydrogens (primary N) is 1. The van der Waals surface area contributed by atoms with Crippen molar-refractivity contribution in [3.63, 3.8) is 0 Å². The van der Waals surface area contributed by atoms with E-state index >= 15 is 0 Å². The third-order valence-corrected chi connectivity index (χ3v) is 1.52. The summed E-state index contributed by atoms with van der Waals surface area (Å²) in [6, 6.07) is 0. The van der Waals surface area contributed by atoms with Crippen molar-refractivity contribution in [1.82, 2.24) is 10.6 Å². The van der Waals surface area contributed by atoms with Gasteiger partial charge in [0.25, 0.3) is 0 Å². The monoisotopic (exact) mass is 186 g/mol. The van der Waals surface area contributed by atoms with Crippen molar-refractivity contribution in [2.24, 2.45) is 5.73 Å². The van der Waals surface area contributed by atoms with Crippen molar-refractivity contribution in [3.8, 4) is 0 Å². The van der Waals surface area contributed by atoms with E-state index < -0.39 is 0 Å². The number of guanidine groups is 1. The number of rotatable bonds is 6. The molecule has 0 aromatic carbocycles. The second kappa shape index (κ2) is 7.39. The van der Waals surface area contributed by atoms with Crippen molar-refractivity contribution in [2.45, 2.75) is 26.2 Å². The maximum absolute atomic E-state index is 10.9. The first-order valence-corrected chi connectivity index (χ1v) is 4.51. The number of unbranched alkanes of at least 4 members (excludes halogenated alkanes) is 1. The number of hydrogen-bond acceptors (Lipinski definition) is 2. The van der Waals surface area contributed by atoms with Gasteiger partial charge >= 0.3 is 0 Å². The fourth-order valence-corrected chi connectivity index (χ4v) is 0.919. The SMILES string of the molecule is CCNC(=O)CCCCNC(=N)N. The Labute approximate surface area is 78.6 Å². The lowest BCUT2D eigenvalue weighted by Gasteiger charge is -2.03. The highest BCUT2D eigenvalue weighted by atomic mass is 16.1. The Morgan fingerprint density at radius 3 is 2.62 bits per heavy atom. The Kier molecular flexibility index (Phi) is 6.68. The van der Waals surface area contributed by atoms with Gasteiger partial charge in [-0.1, -0.05) is 0 Å². The zero-order valence-corrected chi connectivity index (χ0v) is 8.02. The van der Waals surface area contributed by atoms with Crippen LogP contribution in [-0.4, -0.2) is 25.0 Å². The van der Waals surface area contributed by atoms with Gasteiger partial charge in [0.15, 0.2) is 5.96 Å². The second-order valence-electron chi connectivity index (χ2n) is 2.75. The molecule has 5 N–H and O–H groups in total. The number of carbonyl (C=O) groups excluding carboxylic acids is 1. The van der Waals surface area contributed by atoms with Crippen LogP contribution in [0.4, 0.5) is 0 Å². The van der Waals surface area contributed by atoms with E-state index in [0.717, 1.165) is 12.8 Å². The molecule has 76 valence electrons. The molecular weight excluding hydrogens is 168 g/mol. The number of hydrogen-bond donors (Lipinski definition) is 4. The maximum atomic E-state index is 10.9. The maximum Gasteiger partial charge on any atom is 0.219 e. The minimum absolute atomic E-state index is 0.0157. The molecule has 0 atom stereocenters. The van der Waals surface area contributed by atoms with E-state index in [4.69, 9.17) is 11.1 Å². The van der Waals surface area contributed by atoms with E-state index in [2.05, 4.69) is 10.6 Å². The summed E-state index contributed by atoms with van der Waals surface area (Å²) in [4.78, 5) is 10.9. The summed E-state index contributed by atoms with van der Waals surface area (Å²) in [6.45, 7) is 3.24. The molecule has 0 spiro atoms. The van der Waals surface area contributed by atoms with Gasteiger partial charge in [-0.05, 0) is 19.8 Å². The molecule has 0 radical (unpaired) electrons. The van der Waals surface area contributed by atoms with Crippen LogP contribution >= 0.6 is 0 Å². The Morgan fingerprint density at radius 1 is 1.38 bits per heavy atom. The smallest absolute Gasteiger partial charge is 0.219 e. The van der Waals surface area contributed by atoms with Crippen LogP contribution in [-0.2, 0) is 4.79 Å². The van der Waals surface area contributed by atoms with Crippen LogP contribution in [0.2, 0.25) is 0 Å². The predicted molar refractivity (Wildman–Crippen MR) is 52.5 cm³/mol. The average molecular weight is 186 g/mol. The van der Waals surface area contributed by atoms with Crippen LogP contribution in [0, 0.1) is 5.41 Å². The molecule has 0 bridgehead atoms. The van der Waals surface area contributed by atoms with Crippen LogP contribution < -0.4 is 16.4 Å². The second-order valence-corrected chi connectivity index (χ2v) is 2.75. The normalized spacial score (nSPS) is 9.31. The van der Waals surface area contributed by atoms with E-state index in [1.807, 2.05) is 6.92 Å². The van der Waals surface area contributed by atoms with Gasteiger partial charge in [-0.15, -0.1) is 0 Å². The molecule has 0 aliphatic heterocycles. The summed E-state index contributed by atoms with van der Waals surface area (Å²) in [7, 11) is 0. The molecule has 1 amide bonds. The van der Waals surface area contributed by atoms with Crippen LogP contribution in [0.25, 0.3) is 0 Å². The van der Waals surface area contributed by atoms with Gasteiger partial charge in [0.2, 0.25) is 5.91 Å². The van der Waals surface area contributed by atoms with Crippen molar-refractivity contribution in [2.75, 3.05) is 13.1 Å². The molecule has 0 saturated heterocycles. The van der Waals surface area contributed by atoms with E-state index in [0.29, 0.717) is 19.5 Å². The Bertz CT molecular complexity index is 170. The fraction of sp³-hybridized carbons (Fsp3) is 0.750. The topological polar surface area (TPSA) is 91.0 Å². The molecule has 0 saturated carbocycles. The molecule has 0 rings (SSSR count). The first-order chi connectivity index (χ1) is 6.16. The van der Waals surface area contributed by atoms with Crippen LogP contribution in [0.1, 0.15) is 26.2 Å². The van der Waals surface area contributed by atoms with Crippen LogP contribution in [0.15, 0.2) is 0 Å². The molecule has 0 aliphatic rings. The van der Waals surface area contributed by atoms with Gasteiger partial charge in [-0.25, -0.2) is 0 Å². The number of carbonyl (C=O) groups is 1. The lowest BCUT2D eigenvalue weighted by molar-refractivity contribution is -0.121. The van der Waals surface area contributed by atoms with Gasteiger partial charge in [-0.3, -0.25) is 10.2 Å². The lowest BCUT2D eigenvalue weighted by atomic mass is 10.2. The Balaban J connectivity index is 3.16. The molecule has 0 aliphatic carbocycles. The number of amides is 1. The molecule has 13 heavy (non-hydrogen) atoms. The summed E-state index contributed by atoms with van der Waals surface area (Å²) >= 11 is 0. The van der Waals surface area contributed by atoms with Crippen molar-refractivity contribution in [1.29, 1.82) is 5.41 Å². The van der Waals surface area contributed by atoms with Crippen LogP contribution in [0.3, 0.4) is 0 Å². The highest BCUT2D eigenvalue weighted by molar-refractivity contribution is 5.75. The summed E-state index contributed by atoms with van der Waals surface area (Å²) in [6.07, 6.45) is 2.23. The summed E-state index contributed by atoms with van der Waals surface area (Å²) in [5.74, 6) is 0.0725. The van der Waals surface area contributed by atoms with Gasteiger partial charge in [-0.2, -0.15) is 0 Å². The van der Waals surface area contributed by atoms with Crippen molar-refractivity contribution < 1.29 is 4.79 Å².